The summed E-state index contributed by atoms with van der Waals surface area (Å²) in [7, 11) is 0. The average molecular weight is 240 g/mol. The highest BCUT2D eigenvalue weighted by molar-refractivity contribution is 5.31. The predicted octanol–water partition coefficient (Wildman–Crippen LogP) is 4.32. The van der Waals surface area contributed by atoms with Crippen LogP contribution in [0.5, 0.6) is 5.75 Å². The van der Waals surface area contributed by atoms with Crippen molar-refractivity contribution in [2.45, 2.75) is 26.7 Å². The second-order valence-corrected chi connectivity index (χ2v) is 4.64. The average Bonchev–Trinajstić information content (AvgIpc) is 2.38. The topological polar surface area (TPSA) is 9.23 Å². The molecule has 0 aromatic heterocycles. The Bertz CT molecular complexity index is 455. The molecule has 2 aromatic carbocycles. The van der Waals surface area contributed by atoms with Crippen molar-refractivity contribution in [1.82, 2.24) is 0 Å². The molecule has 0 aliphatic rings. The summed E-state index contributed by atoms with van der Waals surface area (Å²) < 4.78 is 5.80. The minimum Gasteiger partial charge on any atom is -0.493 e. The summed E-state index contributed by atoms with van der Waals surface area (Å²) in [5.74, 6) is 1.00. The first-order valence-electron chi connectivity index (χ1n) is 6.50. The maximum atomic E-state index is 5.80. The Morgan fingerprint density at radius 3 is 2.22 bits per heavy atom. The monoisotopic (exact) mass is 240 g/mol. The van der Waals surface area contributed by atoms with Gasteiger partial charge in [-0.2, -0.15) is 0 Å². The molecule has 1 heteroatoms. The van der Waals surface area contributed by atoms with Crippen molar-refractivity contribution in [3.8, 4) is 5.75 Å². The normalized spacial score (nSPS) is 10.3. The molecule has 0 saturated heterocycles. The first kappa shape index (κ1) is 12.7. The predicted molar refractivity (Wildman–Crippen MR) is 76.2 cm³/mol. The lowest BCUT2D eigenvalue weighted by Crippen LogP contribution is -2.01. The van der Waals surface area contributed by atoms with Gasteiger partial charge in [-0.05, 0) is 49.4 Å². The molecular formula is C17H20O. The van der Waals surface area contributed by atoms with Crippen LogP contribution in [-0.4, -0.2) is 6.61 Å². The third-order valence-electron chi connectivity index (χ3n) is 3.20. The molecule has 0 spiro atoms. The highest BCUT2D eigenvalue weighted by Gasteiger charge is 1.99. The van der Waals surface area contributed by atoms with Crippen LogP contribution < -0.4 is 4.74 Å². The van der Waals surface area contributed by atoms with Crippen LogP contribution in [0.2, 0.25) is 0 Å². The fourth-order valence-electron chi connectivity index (χ4n) is 2.05. The van der Waals surface area contributed by atoms with Crippen molar-refractivity contribution in [3.05, 3.63) is 65.2 Å². The van der Waals surface area contributed by atoms with Gasteiger partial charge in [0, 0.05) is 0 Å². The molecule has 0 atom stereocenters. The van der Waals surface area contributed by atoms with Gasteiger partial charge in [0.1, 0.15) is 5.75 Å². The van der Waals surface area contributed by atoms with E-state index in [-0.39, 0.29) is 0 Å². The summed E-state index contributed by atoms with van der Waals surface area (Å²) in [4.78, 5) is 0. The summed E-state index contributed by atoms with van der Waals surface area (Å²) >= 11 is 0. The molecule has 94 valence electrons. The van der Waals surface area contributed by atoms with Crippen molar-refractivity contribution < 1.29 is 4.74 Å². The van der Waals surface area contributed by atoms with Crippen LogP contribution in [0.1, 0.15) is 23.1 Å². The summed E-state index contributed by atoms with van der Waals surface area (Å²) in [6, 6.07) is 16.7. The molecule has 2 rings (SSSR count). The van der Waals surface area contributed by atoms with Gasteiger partial charge < -0.3 is 4.74 Å². The first-order chi connectivity index (χ1) is 8.77. The Kier molecular flexibility index (Phi) is 4.40. The Hall–Kier alpha value is -1.76. The van der Waals surface area contributed by atoms with Crippen LogP contribution in [0.3, 0.4) is 0 Å². The number of aryl methyl sites for hydroxylation is 3. The Labute approximate surface area is 109 Å². The summed E-state index contributed by atoms with van der Waals surface area (Å²) in [6.07, 6.45) is 2.14. The van der Waals surface area contributed by atoms with Gasteiger partial charge in [-0.3, -0.25) is 0 Å². The molecular weight excluding hydrogens is 220 g/mol. The molecule has 0 amide bonds. The van der Waals surface area contributed by atoms with E-state index >= 15 is 0 Å². The molecule has 0 bridgehead atoms. The van der Waals surface area contributed by atoms with Gasteiger partial charge in [-0.25, -0.2) is 0 Å². The van der Waals surface area contributed by atoms with Crippen LogP contribution in [0.4, 0.5) is 0 Å². The van der Waals surface area contributed by atoms with Crippen molar-refractivity contribution in [1.29, 1.82) is 0 Å². The van der Waals surface area contributed by atoms with Crippen molar-refractivity contribution in [2.24, 2.45) is 0 Å². The molecule has 2 aromatic rings. The minimum atomic E-state index is 0.777. The SMILES string of the molecule is Cc1ccccc1CCCOc1ccccc1C. The van der Waals surface area contributed by atoms with Crippen LogP contribution in [0.15, 0.2) is 48.5 Å². The third-order valence-corrected chi connectivity index (χ3v) is 3.20. The number of hydrogen-bond acceptors (Lipinski definition) is 1. The van der Waals surface area contributed by atoms with E-state index in [1.807, 2.05) is 18.2 Å². The number of ether oxygens (including phenoxy) is 1. The van der Waals surface area contributed by atoms with E-state index in [1.54, 1.807) is 0 Å². The standard InChI is InChI=1S/C17H20O/c1-14-8-3-5-10-16(14)11-7-13-18-17-12-6-4-9-15(17)2/h3-6,8-10,12H,7,11,13H2,1-2H3. The maximum absolute atomic E-state index is 5.80. The quantitative estimate of drug-likeness (QED) is 0.707. The van der Waals surface area contributed by atoms with Gasteiger partial charge >= 0.3 is 0 Å². The summed E-state index contributed by atoms with van der Waals surface area (Å²) in [5.41, 5.74) is 3.99. The minimum absolute atomic E-state index is 0.777. The smallest absolute Gasteiger partial charge is 0.122 e. The lowest BCUT2D eigenvalue weighted by Gasteiger charge is -2.09. The van der Waals surface area contributed by atoms with Gasteiger partial charge in [0.15, 0.2) is 0 Å². The first-order valence-corrected chi connectivity index (χ1v) is 6.50. The maximum Gasteiger partial charge on any atom is 0.122 e. The number of para-hydroxylation sites is 1. The van der Waals surface area contributed by atoms with E-state index < -0.39 is 0 Å². The molecule has 0 fully saturated rings. The summed E-state index contributed by atoms with van der Waals surface area (Å²) in [5, 5.41) is 0. The van der Waals surface area contributed by atoms with E-state index in [0.29, 0.717) is 0 Å². The van der Waals surface area contributed by atoms with E-state index in [0.717, 1.165) is 25.2 Å². The fourth-order valence-corrected chi connectivity index (χ4v) is 2.05. The molecule has 0 heterocycles. The zero-order valence-corrected chi connectivity index (χ0v) is 11.1. The van der Waals surface area contributed by atoms with Gasteiger partial charge in [-0.15, -0.1) is 0 Å². The second-order valence-electron chi connectivity index (χ2n) is 4.64. The Morgan fingerprint density at radius 2 is 1.50 bits per heavy atom. The van der Waals surface area contributed by atoms with E-state index in [4.69, 9.17) is 4.74 Å². The molecule has 0 N–H and O–H groups in total. The molecule has 0 aliphatic heterocycles. The fraction of sp³-hybridized carbons (Fsp3) is 0.294. The summed E-state index contributed by atoms with van der Waals surface area (Å²) in [6.45, 7) is 5.02. The zero-order valence-electron chi connectivity index (χ0n) is 11.1. The Balaban J connectivity index is 1.80. The Morgan fingerprint density at radius 1 is 0.833 bits per heavy atom. The molecule has 1 nitrogen and oxygen atoms in total. The van der Waals surface area contributed by atoms with Crippen molar-refractivity contribution >= 4 is 0 Å². The lowest BCUT2D eigenvalue weighted by molar-refractivity contribution is 0.309. The largest absolute Gasteiger partial charge is 0.493 e. The van der Waals surface area contributed by atoms with Crippen LogP contribution in [0.25, 0.3) is 0 Å². The number of benzene rings is 2. The highest BCUT2D eigenvalue weighted by atomic mass is 16.5. The molecule has 0 radical (unpaired) electrons. The number of hydrogen-bond donors (Lipinski definition) is 0. The third kappa shape index (κ3) is 3.36. The molecule has 0 unspecified atom stereocenters. The van der Waals surface area contributed by atoms with Gasteiger partial charge in [0.2, 0.25) is 0 Å². The highest BCUT2D eigenvalue weighted by Crippen LogP contribution is 2.17. The van der Waals surface area contributed by atoms with Crippen molar-refractivity contribution in [3.63, 3.8) is 0 Å². The number of rotatable bonds is 5. The second kappa shape index (κ2) is 6.25. The van der Waals surface area contributed by atoms with Crippen LogP contribution in [-0.2, 0) is 6.42 Å². The molecule has 0 saturated carbocycles. The van der Waals surface area contributed by atoms with Crippen molar-refractivity contribution in [2.75, 3.05) is 6.61 Å². The van der Waals surface area contributed by atoms with Crippen LogP contribution >= 0.6 is 0 Å². The van der Waals surface area contributed by atoms with E-state index in [9.17, 15) is 0 Å². The zero-order chi connectivity index (χ0) is 12.8. The molecule has 18 heavy (non-hydrogen) atoms. The van der Waals surface area contributed by atoms with Gasteiger partial charge in [0.25, 0.3) is 0 Å². The van der Waals surface area contributed by atoms with Gasteiger partial charge in [0.05, 0.1) is 6.61 Å². The van der Waals surface area contributed by atoms with E-state index in [1.165, 1.54) is 16.7 Å². The lowest BCUT2D eigenvalue weighted by atomic mass is 10.0. The molecule has 0 aliphatic carbocycles. The van der Waals surface area contributed by atoms with Gasteiger partial charge in [-0.1, -0.05) is 42.5 Å². The van der Waals surface area contributed by atoms with E-state index in [2.05, 4.69) is 44.2 Å². The van der Waals surface area contributed by atoms with Crippen LogP contribution in [0, 0.1) is 13.8 Å².